The summed E-state index contributed by atoms with van der Waals surface area (Å²) in [5.74, 6) is 0.336. The quantitative estimate of drug-likeness (QED) is 0.228. The number of hydrogen-bond acceptors (Lipinski definition) is 1. The van der Waals surface area contributed by atoms with Crippen molar-refractivity contribution in [2.75, 3.05) is 0 Å². The van der Waals surface area contributed by atoms with Gasteiger partial charge < -0.3 is 4.57 Å². The van der Waals surface area contributed by atoms with E-state index >= 15 is 0 Å². The topological polar surface area (TPSA) is 4.93 Å². The van der Waals surface area contributed by atoms with E-state index in [1.807, 2.05) is 6.07 Å². The Kier molecular flexibility index (Phi) is 5.76. The lowest BCUT2D eigenvalue weighted by Crippen LogP contribution is -2.00. The maximum atomic E-state index is 4.69. The largest absolute Gasteiger partial charge is 0.309 e. The van der Waals surface area contributed by atoms with Crippen LogP contribution in [0.2, 0.25) is 0 Å². The molecule has 5 aromatic carbocycles. The normalized spacial score (nSPS) is 15.2. The van der Waals surface area contributed by atoms with E-state index < -0.39 is 0 Å². The van der Waals surface area contributed by atoms with Gasteiger partial charge in [0.1, 0.15) is 0 Å². The van der Waals surface area contributed by atoms with Gasteiger partial charge in [-0.3, -0.25) is 0 Å². The van der Waals surface area contributed by atoms with Crippen LogP contribution >= 0.6 is 12.6 Å². The highest BCUT2D eigenvalue weighted by atomic mass is 32.1. The Morgan fingerprint density at radius 1 is 0.632 bits per heavy atom. The highest BCUT2D eigenvalue weighted by Crippen LogP contribution is 2.36. The van der Waals surface area contributed by atoms with Crippen LogP contribution in [-0.4, -0.2) is 4.57 Å². The van der Waals surface area contributed by atoms with Gasteiger partial charge in [0.2, 0.25) is 0 Å². The summed E-state index contributed by atoms with van der Waals surface area (Å²) in [4.78, 5) is 1.01. The van der Waals surface area contributed by atoms with Gasteiger partial charge in [0.15, 0.2) is 0 Å². The summed E-state index contributed by atoms with van der Waals surface area (Å²) in [6.07, 6.45) is 7.91. The van der Waals surface area contributed by atoms with Gasteiger partial charge in [-0.05, 0) is 64.6 Å². The molecule has 0 saturated heterocycles. The Hall–Kier alpha value is -4.27. The van der Waals surface area contributed by atoms with Gasteiger partial charge in [-0.1, -0.05) is 109 Å². The van der Waals surface area contributed by atoms with E-state index in [1.165, 1.54) is 55.3 Å². The zero-order chi connectivity index (χ0) is 25.5. The molecule has 7 rings (SSSR count). The molecule has 1 atom stereocenters. The van der Waals surface area contributed by atoms with Crippen molar-refractivity contribution in [3.8, 4) is 16.8 Å². The second-order valence-electron chi connectivity index (χ2n) is 9.93. The first-order valence-corrected chi connectivity index (χ1v) is 13.6. The molecule has 1 nitrogen and oxygen atoms in total. The number of benzene rings is 5. The number of rotatable bonds is 4. The van der Waals surface area contributed by atoms with Gasteiger partial charge in [0.25, 0.3) is 0 Å². The molecule has 0 aliphatic heterocycles. The summed E-state index contributed by atoms with van der Waals surface area (Å²) < 4.78 is 2.38. The van der Waals surface area contributed by atoms with Gasteiger partial charge in [-0.15, -0.1) is 12.6 Å². The molecular weight excluding hydrogens is 478 g/mol. The minimum absolute atomic E-state index is 0.336. The molecule has 1 aliphatic carbocycles. The summed E-state index contributed by atoms with van der Waals surface area (Å²) >= 11 is 4.69. The van der Waals surface area contributed by atoms with E-state index in [2.05, 4.69) is 138 Å². The third-order valence-corrected chi connectivity index (χ3v) is 8.01. The van der Waals surface area contributed by atoms with Gasteiger partial charge in [0, 0.05) is 27.3 Å². The van der Waals surface area contributed by atoms with Crippen LogP contribution in [-0.2, 0) is 0 Å². The minimum Gasteiger partial charge on any atom is -0.309 e. The molecule has 0 N–H and O–H groups in total. The van der Waals surface area contributed by atoms with E-state index in [9.17, 15) is 0 Å². The van der Waals surface area contributed by atoms with E-state index in [4.69, 9.17) is 12.6 Å². The van der Waals surface area contributed by atoms with Crippen molar-refractivity contribution < 1.29 is 0 Å². The van der Waals surface area contributed by atoms with Crippen LogP contribution in [0, 0.1) is 0 Å². The minimum atomic E-state index is 0.336. The maximum Gasteiger partial charge on any atom is 0.0541 e. The zero-order valence-corrected chi connectivity index (χ0v) is 21.9. The molecule has 0 amide bonds. The molecule has 1 aliphatic rings. The number of thiol groups is 1. The van der Waals surface area contributed by atoms with E-state index in [0.717, 1.165) is 11.3 Å². The molecule has 182 valence electrons. The number of allylic oxidation sites excluding steroid dienone is 4. The molecule has 1 heterocycles. The molecule has 6 aromatic rings. The molecule has 0 spiro atoms. The molecule has 0 saturated carbocycles. The fraction of sp³-hybridized carbons (Fsp3) is 0.0556. The predicted octanol–water partition coefficient (Wildman–Crippen LogP) is 9.87. The van der Waals surface area contributed by atoms with Crippen molar-refractivity contribution in [2.45, 2.75) is 17.2 Å². The molecule has 38 heavy (non-hydrogen) atoms. The Morgan fingerprint density at radius 3 is 2.05 bits per heavy atom. The van der Waals surface area contributed by atoms with Crippen molar-refractivity contribution >= 4 is 40.0 Å². The smallest absolute Gasteiger partial charge is 0.0541 e. The first kappa shape index (κ1) is 22.9. The summed E-state index contributed by atoms with van der Waals surface area (Å²) in [6, 6.07) is 43.6. The third kappa shape index (κ3) is 3.98. The molecule has 1 unspecified atom stereocenters. The average molecular weight is 506 g/mol. The van der Waals surface area contributed by atoms with Crippen molar-refractivity contribution in [2.24, 2.45) is 0 Å². The molecule has 0 bridgehead atoms. The standard InChI is InChI=1S/C36H27NS/c38-36-21-6-3-16-31(36)29-14-8-12-27(23-29)25-10-7-11-26(22-25)28-13-9-15-30(24-28)37-34-19-4-1-17-32(34)33-18-2-5-20-35(33)37/h1-11,13-24,27,38H,12H2. The highest BCUT2D eigenvalue weighted by Gasteiger charge is 2.16. The van der Waals surface area contributed by atoms with Crippen LogP contribution in [0.25, 0.3) is 44.2 Å². The second-order valence-corrected chi connectivity index (χ2v) is 10.4. The van der Waals surface area contributed by atoms with Crippen molar-refractivity contribution in [1.82, 2.24) is 4.57 Å². The summed E-state index contributed by atoms with van der Waals surface area (Å²) in [7, 11) is 0. The number of hydrogen-bond donors (Lipinski definition) is 1. The third-order valence-electron chi connectivity index (χ3n) is 7.62. The number of para-hydroxylation sites is 2. The van der Waals surface area contributed by atoms with E-state index in [1.54, 1.807) is 0 Å². The molecule has 0 fully saturated rings. The fourth-order valence-electron chi connectivity index (χ4n) is 5.79. The Morgan fingerprint density at radius 2 is 1.29 bits per heavy atom. The first-order chi connectivity index (χ1) is 18.8. The molecule has 2 heteroatoms. The molecular formula is C36H27NS. The van der Waals surface area contributed by atoms with Crippen molar-refractivity contribution in [3.63, 3.8) is 0 Å². The van der Waals surface area contributed by atoms with E-state index in [0.29, 0.717) is 5.92 Å². The monoisotopic (exact) mass is 505 g/mol. The second kappa shape index (κ2) is 9.55. The van der Waals surface area contributed by atoms with Gasteiger partial charge in [-0.2, -0.15) is 0 Å². The number of nitrogens with zero attached hydrogens (tertiary/aromatic N) is 1. The maximum absolute atomic E-state index is 4.69. The van der Waals surface area contributed by atoms with E-state index in [-0.39, 0.29) is 0 Å². The van der Waals surface area contributed by atoms with Gasteiger partial charge >= 0.3 is 0 Å². The van der Waals surface area contributed by atoms with Crippen molar-refractivity contribution in [1.29, 1.82) is 0 Å². The van der Waals surface area contributed by atoms with Crippen LogP contribution in [0.15, 0.2) is 144 Å². The molecule has 0 radical (unpaired) electrons. The number of fused-ring (bicyclic) bond motifs is 3. The lowest BCUT2D eigenvalue weighted by Gasteiger charge is -2.19. The highest BCUT2D eigenvalue weighted by molar-refractivity contribution is 7.80. The van der Waals surface area contributed by atoms with Crippen LogP contribution in [0.3, 0.4) is 0 Å². The van der Waals surface area contributed by atoms with Gasteiger partial charge in [-0.25, -0.2) is 0 Å². The number of aromatic nitrogens is 1. The lowest BCUT2D eigenvalue weighted by molar-refractivity contribution is 0.857. The van der Waals surface area contributed by atoms with Crippen LogP contribution in [0.1, 0.15) is 23.5 Å². The Bertz CT molecular complexity index is 1820. The zero-order valence-electron chi connectivity index (χ0n) is 21.0. The van der Waals surface area contributed by atoms with Gasteiger partial charge in [0.05, 0.1) is 11.0 Å². The lowest BCUT2D eigenvalue weighted by atomic mass is 9.86. The molecule has 1 aromatic heterocycles. The summed E-state index contributed by atoms with van der Waals surface area (Å²) in [5.41, 5.74) is 9.87. The average Bonchev–Trinajstić information content (AvgIpc) is 3.32. The Labute approximate surface area is 228 Å². The fourth-order valence-corrected chi connectivity index (χ4v) is 6.08. The van der Waals surface area contributed by atoms with Crippen LogP contribution in [0.5, 0.6) is 0 Å². The summed E-state index contributed by atoms with van der Waals surface area (Å²) in [6.45, 7) is 0. The first-order valence-electron chi connectivity index (χ1n) is 13.1. The summed E-state index contributed by atoms with van der Waals surface area (Å²) in [5, 5.41) is 2.57. The van der Waals surface area contributed by atoms with Crippen LogP contribution < -0.4 is 0 Å². The van der Waals surface area contributed by atoms with Crippen molar-refractivity contribution in [3.05, 3.63) is 151 Å². The SMILES string of the molecule is Sc1ccccc1C1=CC(c2cccc(-c3cccc(-n4c5ccccc5c5ccccc54)c3)c2)CC=C1. The Balaban J connectivity index is 1.29. The van der Waals surface area contributed by atoms with Crippen LogP contribution in [0.4, 0.5) is 0 Å². The predicted molar refractivity (Wildman–Crippen MR) is 164 cm³/mol.